The van der Waals surface area contributed by atoms with Crippen molar-refractivity contribution in [2.24, 2.45) is 0 Å². The number of rotatable bonds is 5. The Hall–Kier alpha value is -0.280. The zero-order valence-electron chi connectivity index (χ0n) is 6.89. The van der Waals surface area contributed by atoms with Gasteiger partial charge in [-0.05, 0) is 13.3 Å². The van der Waals surface area contributed by atoms with Crippen LogP contribution in [0.15, 0.2) is 0 Å². The monoisotopic (exact) mass is 179 g/mol. The van der Waals surface area contributed by atoms with Crippen molar-refractivity contribution in [1.82, 2.24) is 5.32 Å². The van der Waals surface area contributed by atoms with Crippen LogP contribution in [0.2, 0.25) is 0 Å². The van der Waals surface area contributed by atoms with Crippen molar-refractivity contribution in [3.8, 4) is 0 Å². The van der Waals surface area contributed by atoms with Gasteiger partial charge in [-0.25, -0.2) is 0 Å². The lowest BCUT2D eigenvalue weighted by molar-refractivity contribution is -0.119. The molecule has 1 unspecified atom stereocenters. The lowest BCUT2D eigenvalue weighted by Crippen LogP contribution is -2.34. The van der Waals surface area contributed by atoms with E-state index in [1.165, 1.54) is 0 Å². The summed E-state index contributed by atoms with van der Waals surface area (Å²) in [6.45, 7) is 2.58. The van der Waals surface area contributed by atoms with Crippen LogP contribution in [0.3, 0.4) is 0 Å². The fraction of sp³-hybridized carbons (Fsp3) is 0.857. The number of hydrogen-bond acceptors (Lipinski definition) is 2. The third-order valence-corrected chi connectivity index (χ3v) is 1.53. The molecule has 0 aromatic heterocycles. The highest BCUT2D eigenvalue weighted by Gasteiger charge is 2.04. The fourth-order valence-electron chi connectivity index (χ4n) is 0.680. The van der Waals surface area contributed by atoms with Crippen molar-refractivity contribution in [2.45, 2.75) is 19.4 Å². The Bertz CT molecular complexity index is 119. The minimum absolute atomic E-state index is 0.0251. The van der Waals surface area contributed by atoms with Crippen molar-refractivity contribution < 1.29 is 9.53 Å². The first-order valence-electron chi connectivity index (χ1n) is 3.55. The first kappa shape index (κ1) is 10.7. The van der Waals surface area contributed by atoms with E-state index >= 15 is 0 Å². The molecule has 0 fully saturated rings. The predicted molar refractivity (Wildman–Crippen MR) is 44.8 cm³/mol. The number of halogens is 1. The van der Waals surface area contributed by atoms with Gasteiger partial charge in [-0.15, -0.1) is 11.6 Å². The molecule has 0 aliphatic rings. The van der Waals surface area contributed by atoms with Crippen LogP contribution >= 0.6 is 11.6 Å². The molecule has 0 spiro atoms. The second-order valence-electron chi connectivity index (χ2n) is 2.38. The Kier molecular flexibility index (Phi) is 6.27. The van der Waals surface area contributed by atoms with Gasteiger partial charge in [0.1, 0.15) is 5.88 Å². The largest absolute Gasteiger partial charge is 0.385 e. The van der Waals surface area contributed by atoms with E-state index in [0.29, 0.717) is 6.61 Å². The summed E-state index contributed by atoms with van der Waals surface area (Å²) in [4.78, 5) is 10.7. The highest BCUT2D eigenvalue weighted by molar-refractivity contribution is 6.27. The van der Waals surface area contributed by atoms with E-state index < -0.39 is 0 Å². The van der Waals surface area contributed by atoms with E-state index in [1.54, 1.807) is 7.11 Å². The number of amides is 1. The Morgan fingerprint density at radius 1 is 1.73 bits per heavy atom. The molecule has 0 aromatic carbocycles. The van der Waals surface area contributed by atoms with Crippen LogP contribution in [0, 0.1) is 0 Å². The Labute approximate surface area is 72.1 Å². The van der Waals surface area contributed by atoms with Gasteiger partial charge in [-0.1, -0.05) is 0 Å². The van der Waals surface area contributed by atoms with Gasteiger partial charge in [0.15, 0.2) is 0 Å². The Balaban J connectivity index is 3.35. The van der Waals surface area contributed by atoms with E-state index in [-0.39, 0.29) is 17.8 Å². The maximum Gasteiger partial charge on any atom is 0.235 e. The molecule has 0 aromatic rings. The SMILES string of the molecule is COCCC(C)NC(=O)CCl. The minimum Gasteiger partial charge on any atom is -0.385 e. The lowest BCUT2D eigenvalue weighted by Gasteiger charge is -2.11. The molecule has 11 heavy (non-hydrogen) atoms. The second-order valence-corrected chi connectivity index (χ2v) is 2.65. The third kappa shape index (κ3) is 6.13. The van der Waals surface area contributed by atoms with Crippen LogP contribution in [-0.2, 0) is 9.53 Å². The average Bonchev–Trinajstić information content (AvgIpc) is 2.00. The van der Waals surface area contributed by atoms with Gasteiger partial charge < -0.3 is 10.1 Å². The molecule has 0 aliphatic carbocycles. The molecule has 3 nitrogen and oxygen atoms in total. The summed E-state index contributed by atoms with van der Waals surface area (Å²) >= 11 is 5.29. The molecule has 0 saturated heterocycles. The summed E-state index contributed by atoms with van der Waals surface area (Å²) in [5, 5.41) is 2.71. The van der Waals surface area contributed by atoms with Gasteiger partial charge >= 0.3 is 0 Å². The second kappa shape index (κ2) is 6.43. The maximum absolute atomic E-state index is 10.7. The third-order valence-electron chi connectivity index (χ3n) is 1.28. The summed E-state index contributed by atoms with van der Waals surface area (Å²) in [6.07, 6.45) is 0.819. The summed E-state index contributed by atoms with van der Waals surface area (Å²) < 4.78 is 4.84. The lowest BCUT2D eigenvalue weighted by atomic mass is 10.2. The summed E-state index contributed by atoms with van der Waals surface area (Å²) in [5.74, 6) is -0.104. The van der Waals surface area contributed by atoms with Crippen molar-refractivity contribution in [3.05, 3.63) is 0 Å². The molecule has 0 radical (unpaired) electrons. The van der Waals surface area contributed by atoms with E-state index in [2.05, 4.69) is 5.32 Å². The average molecular weight is 180 g/mol. The molecule has 0 bridgehead atoms. The number of alkyl halides is 1. The van der Waals surface area contributed by atoms with Crippen LogP contribution < -0.4 is 5.32 Å². The summed E-state index contributed by atoms with van der Waals surface area (Å²) in [7, 11) is 1.64. The van der Waals surface area contributed by atoms with Crippen molar-refractivity contribution in [3.63, 3.8) is 0 Å². The normalized spacial score (nSPS) is 12.6. The first-order chi connectivity index (χ1) is 5.20. The van der Waals surface area contributed by atoms with Crippen LogP contribution in [0.1, 0.15) is 13.3 Å². The number of carbonyl (C=O) groups is 1. The zero-order valence-corrected chi connectivity index (χ0v) is 7.65. The highest BCUT2D eigenvalue weighted by atomic mass is 35.5. The van der Waals surface area contributed by atoms with E-state index in [9.17, 15) is 4.79 Å². The molecule has 0 saturated carbocycles. The van der Waals surface area contributed by atoms with Gasteiger partial charge in [-0.2, -0.15) is 0 Å². The molecule has 0 aliphatic heterocycles. The molecule has 0 rings (SSSR count). The number of nitrogens with one attached hydrogen (secondary N) is 1. The van der Waals surface area contributed by atoms with Gasteiger partial charge in [0.05, 0.1) is 0 Å². The van der Waals surface area contributed by atoms with Gasteiger partial charge in [0.25, 0.3) is 0 Å². The maximum atomic E-state index is 10.7. The summed E-state index contributed by atoms with van der Waals surface area (Å²) in [5.41, 5.74) is 0. The van der Waals surface area contributed by atoms with Crippen LogP contribution in [-0.4, -0.2) is 31.5 Å². The molecular formula is C7H14ClNO2. The van der Waals surface area contributed by atoms with Crippen molar-refractivity contribution >= 4 is 17.5 Å². The van der Waals surface area contributed by atoms with E-state index in [4.69, 9.17) is 16.3 Å². The molecule has 4 heteroatoms. The fourth-order valence-corrected chi connectivity index (χ4v) is 0.757. The van der Waals surface area contributed by atoms with E-state index in [1.807, 2.05) is 6.92 Å². The Morgan fingerprint density at radius 3 is 2.82 bits per heavy atom. The van der Waals surface area contributed by atoms with Crippen molar-refractivity contribution in [2.75, 3.05) is 19.6 Å². The summed E-state index contributed by atoms with van der Waals surface area (Å²) in [6, 6.07) is 0.140. The van der Waals surface area contributed by atoms with E-state index in [0.717, 1.165) is 6.42 Å². The smallest absolute Gasteiger partial charge is 0.235 e. The number of ether oxygens (including phenoxy) is 1. The first-order valence-corrected chi connectivity index (χ1v) is 4.08. The van der Waals surface area contributed by atoms with Crippen LogP contribution in [0.5, 0.6) is 0 Å². The quantitative estimate of drug-likeness (QED) is 0.634. The van der Waals surface area contributed by atoms with Gasteiger partial charge in [0.2, 0.25) is 5.91 Å². The zero-order chi connectivity index (χ0) is 8.69. The topological polar surface area (TPSA) is 38.3 Å². The number of carbonyl (C=O) groups excluding carboxylic acids is 1. The molecule has 1 amide bonds. The van der Waals surface area contributed by atoms with Gasteiger partial charge in [-0.3, -0.25) is 4.79 Å². The molecular weight excluding hydrogens is 166 g/mol. The molecule has 1 N–H and O–H groups in total. The minimum atomic E-state index is -0.129. The standard InChI is InChI=1S/C7H14ClNO2/c1-6(3-4-11-2)9-7(10)5-8/h6H,3-5H2,1-2H3,(H,9,10). The van der Waals surface area contributed by atoms with Crippen molar-refractivity contribution in [1.29, 1.82) is 0 Å². The van der Waals surface area contributed by atoms with Crippen LogP contribution in [0.25, 0.3) is 0 Å². The number of hydrogen-bond donors (Lipinski definition) is 1. The van der Waals surface area contributed by atoms with Gasteiger partial charge in [0, 0.05) is 19.8 Å². The predicted octanol–water partition coefficient (Wildman–Crippen LogP) is 0.766. The molecule has 66 valence electrons. The molecule has 0 heterocycles. The Morgan fingerprint density at radius 2 is 2.36 bits per heavy atom. The highest BCUT2D eigenvalue weighted by Crippen LogP contribution is 1.90. The number of methoxy groups -OCH3 is 1. The molecule has 1 atom stereocenters. The van der Waals surface area contributed by atoms with Crippen LogP contribution in [0.4, 0.5) is 0 Å².